The first-order valence-corrected chi connectivity index (χ1v) is 11.7. The molecule has 0 saturated heterocycles. The number of nitrogens with one attached hydrogen (secondary N) is 2. The van der Waals surface area contributed by atoms with Gasteiger partial charge in [0.2, 0.25) is 0 Å². The van der Waals surface area contributed by atoms with E-state index >= 15 is 0 Å². The Labute approximate surface area is 216 Å². The van der Waals surface area contributed by atoms with Crippen molar-refractivity contribution in [2.24, 2.45) is 0 Å². The summed E-state index contributed by atoms with van der Waals surface area (Å²) in [4.78, 5) is 32.3. The lowest BCUT2D eigenvalue weighted by Crippen LogP contribution is -2.41. The third kappa shape index (κ3) is 5.58. The number of carbonyl (C=O) groups is 2. The van der Waals surface area contributed by atoms with Gasteiger partial charge in [-0.25, -0.2) is 14.6 Å². The molecule has 9 nitrogen and oxygen atoms in total. The Hall–Kier alpha value is -4.48. The molecule has 4 aromatic rings. The summed E-state index contributed by atoms with van der Waals surface area (Å²) in [5.74, 6) is -2.11. The molecule has 0 unspecified atom stereocenters. The van der Waals surface area contributed by atoms with E-state index in [9.17, 15) is 22.8 Å². The van der Waals surface area contributed by atoms with Gasteiger partial charge in [0.05, 0.1) is 10.9 Å². The largest absolute Gasteiger partial charge is 0.471 e. The fraction of sp³-hybridized carbons (Fsp3) is 0.269. The maximum Gasteiger partial charge on any atom is 0.471 e. The zero-order chi connectivity index (χ0) is 27.7. The SMILES string of the molecule is Cc1ccc(-c2nn(C(C)(C)CNC(=O)c3ccc(CNC(=O)C(F)(F)F)cc3)c3ncnc(N)c23)cc1. The van der Waals surface area contributed by atoms with Gasteiger partial charge < -0.3 is 16.4 Å². The maximum absolute atomic E-state index is 12.8. The smallest absolute Gasteiger partial charge is 0.383 e. The van der Waals surface area contributed by atoms with Crippen LogP contribution in [-0.2, 0) is 16.9 Å². The van der Waals surface area contributed by atoms with Crippen molar-refractivity contribution in [1.29, 1.82) is 0 Å². The van der Waals surface area contributed by atoms with Crippen LogP contribution in [0, 0.1) is 6.92 Å². The molecular formula is C26H26F3N7O2. The number of carbonyl (C=O) groups excluding carboxylic acids is 2. The first-order valence-electron chi connectivity index (χ1n) is 11.7. The van der Waals surface area contributed by atoms with Gasteiger partial charge >= 0.3 is 12.1 Å². The predicted octanol–water partition coefficient (Wildman–Crippen LogP) is 3.73. The van der Waals surface area contributed by atoms with E-state index in [0.717, 1.165) is 11.1 Å². The minimum absolute atomic E-state index is 0.184. The van der Waals surface area contributed by atoms with E-state index in [1.54, 1.807) is 10.00 Å². The van der Waals surface area contributed by atoms with E-state index in [0.29, 0.717) is 33.7 Å². The molecule has 0 atom stereocenters. The van der Waals surface area contributed by atoms with Gasteiger partial charge in [0.1, 0.15) is 17.8 Å². The van der Waals surface area contributed by atoms with Crippen molar-refractivity contribution in [3.8, 4) is 11.3 Å². The summed E-state index contributed by atoms with van der Waals surface area (Å²) in [5, 5.41) is 10.1. The van der Waals surface area contributed by atoms with E-state index in [2.05, 4.69) is 15.3 Å². The number of anilines is 1. The Morgan fingerprint density at radius 2 is 1.63 bits per heavy atom. The van der Waals surface area contributed by atoms with Crippen LogP contribution in [0.1, 0.15) is 35.3 Å². The number of halogens is 3. The number of aromatic nitrogens is 4. The first kappa shape index (κ1) is 26.6. The molecule has 4 rings (SSSR count). The molecule has 2 heterocycles. The fourth-order valence-electron chi connectivity index (χ4n) is 3.84. The minimum Gasteiger partial charge on any atom is -0.383 e. The summed E-state index contributed by atoms with van der Waals surface area (Å²) in [6.07, 6.45) is -3.59. The van der Waals surface area contributed by atoms with E-state index in [1.165, 1.54) is 30.6 Å². The summed E-state index contributed by atoms with van der Waals surface area (Å²) in [6, 6.07) is 13.7. The number of hydrogen-bond acceptors (Lipinski definition) is 6. The van der Waals surface area contributed by atoms with Gasteiger partial charge in [0, 0.05) is 24.2 Å². The van der Waals surface area contributed by atoms with Crippen molar-refractivity contribution in [2.75, 3.05) is 12.3 Å². The van der Waals surface area contributed by atoms with Crippen molar-refractivity contribution in [1.82, 2.24) is 30.4 Å². The van der Waals surface area contributed by atoms with Gasteiger partial charge in [0.15, 0.2) is 5.65 Å². The highest BCUT2D eigenvalue weighted by Gasteiger charge is 2.38. The van der Waals surface area contributed by atoms with Crippen LogP contribution in [0.15, 0.2) is 54.9 Å². The Morgan fingerprint density at radius 3 is 2.26 bits per heavy atom. The zero-order valence-corrected chi connectivity index (χ0v) is 20.9. The number of nitrogens with zero attached hydrogens (tertiary/aromatic N) is 4. The van der Waals surface area contributed by atoms with E-state index in [4.69, 9.17) is 10.8 Å². The molecule has 0 aliphatic heterocycles. The molecule has 198 valence electrons. The summed E-state index contributed by atoms with van der Waals surface area (Å²) in [7, 11) is 0. The number of nitrogens with two attached hydrogens (primary N) is 1. The van der Waals surface area contributed by atoms with Crippen LogP contribution in [0.2, 0.25) is 0 Å². The second kappa shape index (κ2) is 10.1. The number of rotatable bonds is 7. The number of hydrogen-bond donors (Lipinski definition) is 3. The van der Waals surface area contributed by atoms with Gasteiger partial charge in [-0.2, -0.15) is 18.3 Å². The van der Waals surface area contributed by atoms with Crippen LogP contribution in [0.3, 0.4) is 0 Å². The highest BCUT2D eigenvalue weighted by molar-refractivity contribution is 5.98. The van der Waals surface area contributed by atoms with Crippen LogP contribution in [-0.4, -0.2) is 44.3 Å². The van der Waals surface area contributed by atoms with E-state index < -0.39 is 17.6 Å². The van der Waals surface area contributed by atoms with Crippen LogP contribution in [0.4, 0.5) is 19.0 Å². The zero-order valence-electron chi connectivity index (χ0n) is 20.9. The highest BCUT2D eigenvalue weighted by atomic mass is 19.4. The topological polar surface area (TPSA) is 128 Å². The van der Waals surface area contributed by atoms with Gasteiger partial charge in [0.25, 0.3) is 5.91 Å². The van der Waals surface area contributed by atoms with Crippen LogP contribution >= 0.6 is 0 Å². The molecule has 12 heteroatoms. The van der Waals surface area contributed by atoms with Gasteiger partial charge in [-0.15, -0.1) is 0 Å². The Bertz CT molecular complexity index is 1480. The molecule has 38 heavy (non-hydrogen) atoms. The third-order valence-corrected chi connectivity index (χ3v) is 6.00. The number of benzene rings is 2. The second-order valence-corrected chi connectivity index (χ2v) is 9.46. The molecule has 2 amide bonds. The lowest BCUT2D eigenvalue weighted by molar-refractivity contribution is -0.173. The van der Waals surface area contributed by atoms with Crippen molar-refractivity contribution >= 4 is 28.7 Å². The predicted molar refractivity (Wildman–Crippen MR) is 136 cm³/mol. The average molecular weight is 526 g/mol. The second-order valence-electron chi connectivity index (χ2n) is 9.46. The highest BCUT2D eigenvalue weighted by Crippen LogP contribution is 2.33. The quantitative estimate of drug-likeness (QED) is 0.337. The van der Waals surface area contributed by atoms with Crippen LogP contribution in [0.25, 0.3) is 22.3 Å². The monoisotopic (exact) mass is 525 g/mol. The molecular weight excluding hydrogens is 499 g/mol. The molecule has 0 radical (unpaired) electrons. The van der Waals surface area contributed by atoms with Crippen molar-refractivity contribution in [3.05, 3.63) is 71.5 Å². The fourth-order valence-corrected chi connectivity index (χ4v) is 3.84. The van der Waals surface area contributed by atoms with Gasteiger partial charge in [-0.1, -0.05) is 42.0 Å². The van der Waals surface area contributed by atoms with Crippen molar-refractivity contribution in [3.63, 3.8) is 0 Å². The van der Waals surface area contributed by atoms with Gasteiger partial charge in [-0.3, -0.25) is 9.59 Å². The average Bonchev–Trinajstić information content (AvgIpc) is 3.28. The van der Waals surface area contributed by atoms with Crippen molar-refractivity contribution in [2.45, 2.75) is 39.0 Å². The van der Waals surface area contributed by atoms with Crippen LogP contribution in [0.5, 0.6) is 0 Å². The molecule has 0 bridgehead atoms. The molecule has 0 fully saturated rings. The lowest BCUT2D eigenvalue weighted by atomic mass is 10.1. The Kier molecular flexibility index (Phi) is 7.07. The minimum atomic E-state index is -4.95. The first-order chi connectivity index (χ1) is 17.9. The standard InChI is InChI=1S/C26H26F3N7O2/c1-15-4-8-17(9-5-15)20-19-21(30)33-14-34-22(19)36(35-20)25(2,3)13-32-23(37)18-10-6-16(7-11-18)12-31-24(38)26(27,28)29/h4-11,14H,12-13H2,1-3H3,(H,31,38)(H,32,37)(H2,30,33,34). The normalized spacial score (nSPS) is 11.9. The molecule has 0 spiro atoms. The lowest BCUT2D eigenvalue weighted by Gasteiger charge is -2.26. The van der Waals surface area contributed by atoms with E-state index in [-0.39, 0.29) is 19.0 Å². The molecule has 2 aromatic carbocycles. The number of alkyl halides is 3. The molecule has 0 aliphatic carbocycles. The Balaban J connectivity index is 1.50. The Morgan fingerprint density at radius 1 is 0.974 bits per heavy atom. The summed E-state index contributed by atoms with van der Waals surface area (Å²) in [6.45, 7) is 5.65. The molecule has 0 aliphatic rings. The summed E-state index contributed by atoms with van der Waals surface area (Å²) >= 11 is 0. The van der Waals surface area contributed by atoms with Gasteiger partial charge in [-0.05, 0) is 38.5 Å². The molecule has 4 N–H and O–H groups in total. The van der Waals surface area contributed by atoms with E-state index in [1.807, 2.05) is 45.0 Å². The number of aryl methyl sites for hydroxylation is 1. The maximum atomic E-state index is 12.8. The number of amides is 2. The molecule has 0 saturated carbocycles. The third-order valence-electron chi connectivity index (χ3n) is 6.00. The molecule has 2 aromatic heterocycles. The number of fused-ring (bicyclic) bond motifs is 1. The summed E-state index contributed by atoms with van der Waals surface area (Å²) < 4.78 is 38.8. The summed E-state index contributed by atoms with van der Waals surface area (Å²) in [5.41, 5.74) is 9.31. The van der Waals surface area contributed by atoms with Crippen molar-refractivity contribution < 1.29 is 22.8 Å². The van der Waals surface area contributed by atoms with Crippen LogP contribution < -0.4 is 16.4 Å². The number of nitrogen functional groups attached to an aromatic ring is 1.